The Hall–Kier alpha value is -1.97. The number of carbonyl (C=O) groups excluding carboxylic acids is 1. The second-order valence-corrected chi connectivity index (χ2v) is 8.91. The zero-order chi connectivity index (χ0) is 19.4. The van der Waals surface area contributed by atoms with E-state index in [0.29, 0.717) is 41.9 Å². The van der Waals surface area contributed by atoms with Gasteiger partial charge in [0.05, 0.1) is 31.6 Å². The van der Waals surface area contributed by atoms with Crippen molar-refractivity contribution in [2.24, 2.45) is 0 Å². The first-order valence-corrected chi connectivity index (χ1v) is 10.7. The summed E-state index contributed by atoms with van der Waals surface area (Å²) >= 11 is 3.29. The van der Waals surface area contributed by atoms with E-state index in [1.54, 1.807) is 23.1 Å². The molecule has 0 aliphatic carbocycles. The molecule has 1 aromatic carbocycles. The number of ether oxygens (including phenoxy) is 2. The number of morpholine rings is 1. The summed E-state index contributed by atoms with van der Waals surface area (Å²) in [6.07, 6.45) is 2.91. The second-order valence-electron chi connectivity index (χ2n) is 6.04. The third-order valence-corrected chi connectivity index (χ3v) is 6.35. The Morgan fingerprint density at radius 1 is 1.26 bits per heavy atom. The van der Waals surface area contributed by atoms with Gasteiger partial charge in [-0.25, -0.2) is 8.42 Å². The summed E-state index contributed by atoms with van der Waals surface area (Å²) in [4.78, 5) is 18.4. The summed E-state index contributed by atoms with van der Waals surface area (Å²) in [5.41, 5.74) is 0.807. The summed E-state index contributed by atoms with van der Waals surface area (Å²) in [6.45, 7) is 2.01. The number of aromatic nitrogens is 1. The Kier molecular flexibility index (Phi) is 6.13. The first-order chi connectivity index (χ1) is 12.9. The molecular weight excluding hydrogens is 436 g/mol. The highest BCUT2D eigenvalue weighted by Crippen LogP contribution is 2.29. The van der Waals surface area contributed by atoms with Gasteiger partial charge in [0.1, 0.15) is 10.6 Å². The molecule has 1 amide bonds. The predicted octanol–water partition coefficient (Wildman–Crippen LogP) is 2.30. The molecule has 9 heteroatoms. The minimum Gasteiger partial charge on any atom is -0.495 e. The van der Waals surface area contributed by atoms with Crippen LogP contribution in [0.2, 0.25) is 0 Å². The molecule has 7 nitrogen and oxygen atoms in total. The van der Waals surface area contributed by atoms with Gasteiger partial charge in [-0.3, -0.25) is 9.78 Å². The average Bonchev–Trinajstić information content (AvgIpc) is 2.68. The first-order valence-electron chi connectivity index (χ1n) is 8.28. The molecule has 2 aromatic rings. The van der Waals surface area contributed by atoms with Gasteiger partial charge >= 0.3 is 0 Å². The molecule has 3 rings (SSSR count). The van der Waals surface area contributed by atoms with Gasteiger partial charge in [-0.05, 0) is 29.8 Å². The topological polar surface area (TPSA) is 85.8 Å². The maximum Gasteiger partial charge on any atom is 0.255 e. The fourth-order valence-electron chi connectivity index (χ4n) is 2.82. The third-order valence-electron chi connectivity index (χ3n) is 4.16. The van der Waals surface area contributed by atoms with Crippen molar-refractivity contribution in [3.8, 4) is 5.75 Å². The summed E-state index contributed by atoms with van der Waals surface area (Å²) < 4.78 is 36.8. The van der Waals surface area contributed by atoms with Gasteiger partial charge in [0.25, 0.3) is 5.91 Å². The van der Waals surface area contributed by atoms with Crippen molar-refractivity contribution in [2.45, 2.75) is 10.6 Å². The maximum atomic E-state index is 12.9. The van der Waals surface area contributed by atoms with Gasteiger partial charge in [0.15, 0.2) is 9.84 Å². The summed E-state index contributed by atoms with van der Waals surface area (Å²) in [7, 11) is -2.26. The monoisotopic (exact) mass is 454 g/mol. The third kappa shape index (κ3) is 4.66. The van der Waals surface area contributed by atoms with Crippen molar-refractivity contribution in [1.29, 1.82) is 0 Å². The van der Waals surface area contributed by atoms with Crippen molar-refractivity contribution in [1.82, 2.24) is 9.88 Å². The molecule has 2 heterocycles. The van der Waals surface area contributed by atoms with E-state index in [0.717, 1.165) is 0 Å². The van der Waals surface area contributed by atoms with E-state index >= 15 is 0 Å². The van der Waals surface area contributed by atoms with Crippen LogP contribution in [0.3, 0.4) is 0 Å². The van der Waals surface area contributed by atoms with E-state index in [9.17, 15) is 13.2 Å². The Morgan fingerprint density at radius 2 is 2.00 bits per heavy atom. The van der Waals surface area contributed by atoms with E-state index in [4.69, 9.17) is 9.47 Å². The van der Waals surface area contributed by atoms with E-state index < -0.39 is 9.84 Å². The lowest BCUT2D eigenvalue weighted by Crippen LogP contribution is -2.40. The second kappa shape index (κ2) is 8.37. The van der Waals surface area contributed by atoms with Gasteiger partial charge in [0, 0.05) is 30.0 Å². The predicted molar refractivity (Wildman–Crippen MR) is 103 cm³/mol. The first kappa shape index (κ1) is 19.8. The number of hydrogen-bond acceptors (Lipinski definition) is 6. The van der Waals surface area contributed by atoms with E-state index in [1.807, 2.05) is 0 Å². The summed E-state index contributed by atoms with van der Waals surface area (Å²) in [6, 6.07) is 6.38. The van der Waals surface area contributed by atoms with Crippen LogP contribution in [0, 0.1) is 0 Å². The number of hydrogen-bond donors (Lipinski definition) is 0. The number of pyridine rings is 1. The van der Waals surface area contributed by atoms with Crippen LogP contribution < -0.4 is 4.74 Å². The van der Waals surface area contributed by atoms with Crippen LogP contribution >= 0.6 is 15.9 Å². The van der Waals surface area contributed by atoms with Crippen LogP contribution in [0.4, 0.5) is 0 Å². The number of methoxy groups -OCH3 is 1. The highest BCUT2D eigenvalue weighted by molar-refractivity contribution is 9.10. The molecular formula is C18H19BrN2O5S. The smallest absolute Gasteiger partial charge is 0.255 e. The Balaban J connectivity index is 1.85. The Morgan fingerprint density at radius 3 is 2.70 bits per heavy atom. The van der Waals surface area contributed by atoms with Crippen LogP contribution in [0.1, 0.15) is 15.9 Å². The SMILES string of the molecule is COc1ccc(Br)cc1S(=O)(=O)Cc1cncc(C(=O)N2CCOCC2)c1. The fourth-order valence-corrected chi connectivity index (χ4v) is 4.85. The highest BCUT2D eigenvalue weighted by atomic mass is 79.9. The van der Waals surface area contributed by atoms with Crippen LogP contribution in [-0.2, 0) is 20.3 Å². The lowest BCUT2D eigenvalue weighted by Gasteiger charge is -2.26. The number of benzene rings is 1. The molecule has 1 aliphatic rings. The average molecular weight is 455 g/mol. The van der Waals surface area contributed by atoms with E-state index in [1.165, 1.54) is 25.6 Å². The van der Waals surface area contributed by atoms with Crippen molar-refractivity contribution >= 4 is 31.7 Å². The Bertz CT molecular complexity index is 943. The number of halogens is 1. The number of carbonyl (C=O) groups is 1. The normalized spacial score (nSPS) is 14.8. The minimum absolute atomic E-state index is 0.0873. The number of sulfone groups is 1. The Labute approximate surface area is 166 Å². The van der Waals surface area contributed by atoms with Gasteiger partial charge < -0.3 is 14.4 Å². The van der Waals surface area contributed by atoms with Gasteiger partial charge in [-0.1, -0.05) is 15.9 Å². The molecule has 1 saturated heterocycles. The molecule has 144 valence electrons. The molecule has 0 N–H and O–H groups in total. The lowest BCUT2D eigenvalue weighted by molar-refractivity contribution is 0.0302. The maximum absolute atomic E-state index is 12.9. The zero-order valence-electron chi connectivity index (χ0n) is 14.7. The van der Waals surface area contributed by atoms with Crippen molar-refractivity contribution in [3.05, 3.63) is 52.3 Å². The molecule has 0 unspecified atom stereocenters. The minimum atomic E-state index is -3.69. The number of amides is 1. The van der Waals surface area contributed by atoms with Crippen LogP contribution in [0.25, 0.3) is 0 Å². The van der Waals surface area contributed by atoms with Gasteiger partial charge in [0.2, 0.25) is 0 Å². The van der Waals surface area contributed by atoms with Crippen LogP contribution in [0.5, 0.6) is 5.75 Å². The summed E-state index contributed by atoms with van der Waals surface area (Å²) in [5, 5.41) is 0. The van der Waals surface area contributed by atoms with Crippen LogP contribution in [-0.4, -0.2) is 57.6 Å². The molecule has 1 fully saturated rings. The molecule has 0 bridgehead atoms. The van der Waals surface area contributed by atoms with Crippen molar-refractivity contribution in [3.63, 3.8) is 0 Å². The molecule has 27 heavy (non-hydrogen) atoms. The van der Waals surface area contributed by atoms with Gasteiger partial charge in [-0.2, -0.15) is 0 Å². The summed E-state index contributed by atoms with van der Waals surface area (Å²) in [5.74, 6) is -0.186. The fraction of sp³-hybridized carbons (Fsp3) is 0.333. The standard InChI is InChI=1S/C18H19BrN2O5S/c1-25-16-3-2-15(19)9-17(16)27(23,24)12-13-8-14(11-20-10-13)18(22)21-4-6-26-7-5-21/h2-3,8-11H,4-7,12H2,1H3. The number of rotatable bonds is 5. The zero-order valence-corrected chi connectivity index (χ0v) is 17.1. The molecule has 0 radical (unpaired) electrons. The molecule has 0 spiro atoms. The van der Waals surface area contributed by atoms with Crippen molar-refractivity contribution < 1.29 is 22.7 Å². The van der Waals surface area contributed by atoms with Crippen LogP contribution in [0.15, 0.2) is 46.0 Å². The molecule has 1 aliphatic heterocycles. The number of nitrogens with zero attached hydrogens (tertiary/aromatic N) is 2. The van der Waals surface area contributed by atoms with Crippen molar-refractivity contribution in [2.75, 3.05) is 33.4 Å². The molecule has 1 aromatic heterocycles. The highest BCUT2D eigenvalue weighted by Gasteiger charge is 2.23. The lowest BCUT2D eigenvalue weighted by atomic mass is 10.2. The molecule has 0 saturated carbocycles. The largest absolute Gasteiger partial charge is 0.495 e. The quantitative estimate of drug-likeness (QED) is 0.688. The van der Waals surface area contributed by atoms with Gasteiger partial charge in [-0.15, -0.1) is 0 Å². The molecule has 0 atom stereocenters. The van der Waals surface area contributed by atoms with E-state index in [2.05, 4.69) is 20.9 Å². The van der Waals surface area contributed by atoms with E-state index in [-0.39, 0.29) is 22.3 Å².